The summed E-state index contributed by atoms with van der Waals surface area (Å²) in [6, 6.07) is 10.1. The molecule has 0 bridgehead atoms. The predicted octanol–water partition coefficient (Wildman–Crippen LogP) is 5.74. The third-order valence-corrected chi connectivity index (χ3v) is 2.47. The van der Waals surface area contributed by atoms with Crippen LogP contribution in [0, 0.1) is 0 Å². The van der Waals surface area contributed by atoms with E-state index in [-0.39, 0.29) is 17.1 Å². The third kappa shape index (κ3) is 11.9. The van der Waals surface area contributed by atoms with Crippen molar-refractivity contribution < 1.29 is 22.2 Å². The van der Waals surface area contributed by atoms with Crippen molar-refractivity contribution >= 4 is 5.69 Å². The second-order valence-corrected chi connectivity index (χ2v) is 4.37. The average Bonchev–Trinajstić information content (AvgIpc) is 2.40. The zero-order chi connectivity index (χ0) is 13.8. The van der Waals surface area contributed by atoms with Gasteiger partial charge in [-0.3, -0.25) is 0 Å². The Labute approximate surface area is 128 Å². The number of benzene rings is 1. The van der Waals surface area contributed by atoms with E-state index in [2.05, 4.69) is 12.2 Å². The smallest absolute Gasteiger partial charge is 0.0906 e. The van der Waals surface area contributed by atoms with Crippen molar-refractivity contribution in [3.05, 3.63) is 47.0 Å². The van der Waals surface area contributed by atoms with Crippen molar-refractivity contribution in [3.8, 4) is 0 Å². The predicted molar refractivity (Wildman–Crippen MR) is 80.5 cm³/mol. The standard InChI is InChI=1S/C10H14N.C6H12O.Mn/c1-2-3-9-11-10-7-5-4-6-8-10;1-4-6(7)5(2)3;/h4-8H,2-3,9H2,1H3;7H,4H2,1-3H3;/q-1;;. The fourth-order valence-corrected chi connectivity index (χ4v) is 1.25. The van der Waals surface area contributed by atoms with Gasteiger partial charge in [0.2, 0.25) is 0 Å². The number of allylic oxidation sites excluding steroid dienone is 2. The maximum absolute atomic E-state index is 8.81. The van der Waals surface area contributed by atoms with Crippen molar-refractivity contribution in [2.24, 2.45) is 0 Å². The number of rotatable bonds is 5. The summed E-state index contributed by atoms with van der Waals surface area (Å²) in [6.45, 7) is 8.88. The molecule has 0 aliphatic heterocycles. The van der Waals surface area contributed by atoms with E-state index < -0.39 is 0 Å². The monoisotopic (exact) mass is 303 g/mol. The number of hydrogen-bond acceptors (Lipinski definition) is 1. The van der Waals surface area contributed by atoms with Crippen molar-refractivity contribution in [1.29, 1.82) is 0 Å². The minimum absolute atomic E-state index is 0. The molecule has 109 valence electrons. The maximum Gasteiger partial charge on any atom is 0.0906 e. The first-order chi connectivity index (χ1) is 8.61. The van der Waals surface area contributed by atoms with Gasteiger partial charge in [0.15, 0.2) is 0 Å². The molecule has 0 aliphatic carbocycles. The van der Waals surface area contributed by atoms with Gasteiger partial charge < -0.3 is 10.4 Å². The summed E-state index contributed by atoms with van der Waals surface area (Å²) >= 11 is 0. The number of nitrogens with zero attached hydrogens (tertiary/aromatic N) is 1. The molecule has 19 heavy (non-hydrogen) atoms. The summed E-state index contributed by atoms with van der Waals surface area (Å²) in [5.41, 5.74) is 2.11. The van der Waals surface area contributed by atoms with E-state index in [1.165, 1.54) is 12.8 Å². The summed E-state index contributed by atoms with van der Waals surface area (Å²) < 4.78 is 0. The van der Waals surface area contributed by atoms with Crippen molar-refractivity contribution in [2.75, 3.05) is 6.54 Å². The van der Waals surface area contributed by atoms with Gasteiger partial charge in [0, 0.05) is 23.5 Å². The second kappa shape index (κ2) is 13.5. The van der Waals surface area contributed by atoms with E-state index in [1.807, 2.05) is 51.1 Å². The molecule has 2 nitrogen and oxygen atoms in total. The fraction of sp³-hybridized carbons (Fsp3) is 0.500. The van der Waals surface area contributed by atoms with Crippen LogP contribution in [0.2, 0.25) is 0 Å². The Balaban J connectivity index is 0. The van der Waals surface area contributed by atoms with Crippen LogP contribution in [-0.2, 0) is 17.1 Å². The van der Waals surface area contributed by atoms with Crippen molar-refractivity contribution in [3.63, 3.8) is 0 Å². The molecule has 0 spiro atoms. The maximum atomic E-state index is 8.81. The summed E-state index contributed by atoms with van der Waals surface area (Å²) in [5.74, 6) is 0.514. The van der Waals surface area contributed by atoms with E-state index in [9.17, 15) is 0 Å². The van der Waals surface area contributed by atoms with Gasteiger partial charge in [-0.1, -0.05) is 57.0 Å². The molecular formula is C16H26MnNO-. The Morgan fingerprint density at radius 2 is 1.68 bits per heavy atom. The topological polar surface area (TPSA) is 34.3 Å². The normalized spacial score (nSPS) is 8.63. The summed E-state index contributed by atoms with van der Waals surface area (Å²) in [5, 5.41) is 13.2. The van der Waals surface area contributed by atoms with Crippen molar-refractivity contribution in [2.45, 2.75) is 47.0 Å². The molecule has 1 rings (SSSR count). The Hall–Kier alpha value is -0.921. The molecule has 1 radical (unpaired) electrons. The molecule has 3 heteroatoms. The molecule has 1 N–H and O–H groups in total. The molecule has 0 aliphatic rings. The van der Waals surface area contributed by atoms with Gasteiger partial charge in [0.25, 0.3) is 0 Å². The summed E-state index contributed by atoms with van der Waals surface area (Å²) in [7, 11) is 0. The van der Waals surface area contributed by atoms with Crippen LogP contribution < -0.4 is 0 Å². The Morgan fingerprint density at radius 1 is 1.11 bits per heavy atom. The van der Waals surface area contributed by atoms with Gasteiger partial charge in [0.05, 0.1) is 5.76 Å². The Bertz CT molecular complexity index is 332. The first-order valence-electron chi connectivity index (χ1n) is 6.69. The van der Waals surface area contributed by atoms with E-state index in [0.29, 0.717) is 5.76 Å². The Kier molecular flexibility index (Phi) is 14.5. The van der Waals surface area contributed by atoms with Crippen LogP contribution in [-0.4, -0.2) is 11.7 Å². The van der Waals surface area contributed by atoms with E-state index >= 15 is 0 Å². The first kappa shape index (κ1) is 20.4. The zero-order valence-electron chi connectivity index (χ0n) is 12.5. The van der Waals surface area contributed by atoms with Crippen LogP contribution in [0.3, 0.4) is 0 Å². The van der Waals surface area contributed by atoms with Gasteiger partial charge in [-0.2, -0.15) is 0 Å². The van der Waals surface area contributed by atoms with Crippen molar-refractivity contribution in [1.82, 2.24) is 0 Å². The van der Waals surface area contributed by atoms with Gasteiger partial charge in [-0.15, -0.1) is 12.2 Å². The summed E-state index contributed by atoms with van der Waals surface area (Å²) in [4.78, 5) is 0. The van der Waals surface area contributed by atoms with Crippen LogP contribution in [0.15, 0.2) is 41.7 Å². The van der Waals surface area contributed by atoms with E-state index in [4.69, 9.17) is 5.11 Å². The zero-order valence-corrected chi connectivity index (χ0v) is 13.7. The number of unbranched alkanes of at least 4 members (excludes halogenated alkanes) is 1. The van der Waals surface area contributed by atoms with E-state index in [1.54, 1.807) is 0 Å². The molecule has 1 aromatic rings. The minimum atomic E-state index is 0. The van der Waals surface area contributed by atoms with Crippen LogP contribution >= 0.6 is 0 Å². The molecule has 0 saturated carbocycles. The molecule has 0 atom stereocenters. The van der Waals surface area contributed by atoms with Crippen LogP contribution in [0.1, 0.15) is 47.0 Å². The molecule has 1 aromatic carbocycles. The molecule has 0 saturated heterocycles. The third-order valence-electron chi connectivity index (χ3n) is 2.47. The quantitative estimate of drug-likeness (QED) is 0.420. The molecule has 0 heterocycles. The molecule has 0 fully saturated rings. The van der Waals surface area contributed by atoms with Gasteiger partial charge in [-0.25, -0.2) is 0 Å². The van der Waals surface area contributed by atoms with Crippen LogP contribution in [0.4, 0.5) is 5.69 Å². The number of hydrogen-bond donors (Lipinski definition) is 1. The minimum Gasteiger partial charge on any atom is -0.684 e. The van der Waals surface area contributed by atoms with Gasteiger partial charge >= 0.3 is 0 Å². The van der Waals surface area contributed by atoms with Gasteiger partial charge in [0.1, 0.15) is 0 Å². The SMILES string of the molecule is CCC(O)=C(C)C.CCCC[N-]c1ccccc1.[Mn]. The molecule has 0 unspecified atom stereocenters. The fourth-order valence-electron chi connectivity index (χ4n) is 1.25. The molecule has 0 aromatic heterocycles. The first-order valence-corrected chi connectivity index (χ1v) is 6.69. The number of aliphatic hydroxyl groups is 1. The number of para-hydroxylation sites is 1. The van der Waals surface area contributed by atoms with Crippen LogP contribution in [0.25, 0.3) is 5.32 Å². The Morgan fingerprint density at radius 3 is 2.05 bits per heavy atom. The average molecular weight is 303 g/mol. The van der Waals surface area contributed by atoms with E-state index in [0.717, 1.165) is 24.2 Å². The number of aliphatic hydroxyl groups excluding tert-OH is 1. The van der Waals surface area contributed by atoms with Crippen LogP contribution in [0.5, 0.6) is 0 Å². The second-order valence-electron chi connectivity index (χ2n) is 4.37. The molecular weight excluding hydrogens is 277 g/mol. The van der Waals surface area contributed by atoms with Gasteiger partial charge in [-0.05, 0) is 19.4 Å². The summed E-state index contributed by atoms with van der Waals surface area (Å²) in [6.07, 6.45) is 3.16. The largest absolute Gasteiger partial charge is 0.684 e. The molecule has 0 amide bonds.